The predicted octanol–water partition coefficient (Wildman–Crippen LogP) is 2.52. The normalized spacial score (nSPS) is 18.3. The number of rotatable bonds is 7. The van der Waals surface area contributed by atoms with Gasteiger partial charge < -0.3 is 20.7 Å². The standard InChI is InChI=1S/C17H35N3O2/c1-13(2)10-15(12-20-16(21)22-17(3,4)5)19-11-14-6-8-18-9-7-14/h13-15,18-19H,6-12H2,1-5H3,(H,20,21). The zero-order chi connectivity index (χ0) is 16.6. The third kappa shape index (κ3) is 9.26. The Balaban J connectivity index is 2.34. The molecule has 1 amide bonds. The fourth-order valence-corrected chi connectivity index (χ4v) is 2.75. The van der Waals surface area contributed by atoms with Gasteiger partial charge >= 0.3 is 6.09 Å². The van der Waals surface area contributed by atoms with Crippen molar-refractivity contribution in [3.05, 3.63) is 0 Å². The maximum absolute atomic E-state index is 11.8. The van der Waals surface area contributed by atoms with E-state index in [1.807, 2.05) is 20.8 Å². The van der Waals surface area contributed by atoms with Crippen LogP contribution in [0.4, 0.5) is 4.79 Å². The molecule has 1 fully saturated rings. The van der Waals surface area contributed by atoms with Crippen molar-refractivity contribution in [1.29, 1.82) is 0 Å². The molecule has 1 saturated heterocycles. The minimum Gasteiger partial charge on any atom is -0.444 e. The molecule has 1 aliphatic rings. The monoisotopic (exact) mass is 313 g/mol. The molecule has 1 unspecified atom stereocenters. The lowest BCUT2D eigenvalue weighted by molar-refractivity contribution is 0.0520. The Hall–Kier alpha value is -0.810. The largest absolute Gasteiger partial charge is 0.444 e. The zero-order valence-corrected chi connectivity index (χ0v) is 15.0. The van der Waals surface area contributed by atoms with Crippen LogP contribution in [-0.4, -0.2) is 43.9 Å². The van der Waals surface area contributed by atoms with E-state index in [0.29, 0.717) is 18.5 Å². The van der Waals surface area contributed by atoms with Gasteiger partial charge in [0.2, 0.25) is 0 Å². The number of carbonyl (C=O) groups is 1. The number of hydrogen-bond acceptors (Lipinski definition) is 4. The van der Waals surface area contributed by atoms with Crippen LogP contribution in [0.2, 0.25) is 0 Å². The lowest BCUT2D eigenvalue weighted by Gasteiger charge is -2.27. The number of ether oxygens (including phenoxy) is 1. The predicted molar refractivity (Wildman–Crippen MR) is 91.1 cm³/mol. The van der Waals surface area contributed by atoms with Crippen LogP contribution >= 0.6 is 0 Å². The molecule has 1 aliphatic heterocycles. The first-order valence-corrected chi connectivity index (χ1v) is 8.67. The highest BCUT2D eigenvalue weighted by atomic mass is 16.6. The number of nitrogens with one attached hydrogen (secondary N) is 3. The summed E-state index contributed by atoms with van der Waals surface area (Å²) >= 11 is 0. The molecule has 0 aromatic carbocycles. The average Bonchev–Trinajstić information content (AvgIpc) is 2.40. The second-order valence-electron chi connectivity index (χ2n) is 7.81. The van der Waals surface area contributed by atoms with Crippen molar-refractivity contribution in [1.82, 2.24) is 16.0 Å². The summed E-state index contributed by atoms with van der Waals surface area (Å²) in [6.07, 6.45) is 3.20. The second kappa shape index (κ2) is 9.36. The van der Waals surface area contributed by atoms with Crippen molar-refractivity contribution in [2.45, 2.75) is 65.5 Å². The summed E-state index contributed by atoms with van der Waals surface area (Å²) in [5, 5.41) is 9.93. The summed E-state index contributed by atoms with van der Waals surface area (Å²) in [6.45, 7) is 14.0. The van der Waals surface area contributed by atoms with Gasteiger partial charge in [0.1, 0.15) is 5.60 Å². The van der Waals surface area contributed by atoms with Crippen LogP contribution in [-0.2, 0) is 4.74 Å². The highest BCUT2D eigenvalue weighted by molar-refractivity contribution is 5.67. The Morgan fingerprint density at radius 2 is 1.91 bits per heavy atom. The van der Waals surface area contributed by atoms with Crippen molar-refractivity contribution in [2.75, 3.05) is 26.2 Å². The molecule has 0 saturated carbocycles. The molecular weight excluding hydrogens is 278 g/mol. The summed E-state index contributed by atoms with van der Waals surface area (Å²) in [7, 11) is 0. The molecule has 1 atom stereocenters. The molecule has 0 radical (unpaired) electrons. The van der Waals surface area contributed by atoms with E-state index in [0.717, 1.165) is 32.0 Å². The Kier molecular flexibility index (Phi) is 8.18. The van der Waals surface area contributed by atoms with Crippen LogP contribution in [0, 0.1) is 11.8 Å². The molecule has 0 aliphatic carbocycles. The SMILES string of the molecule is CC(C)CC(CNC(=O)OC(C)(C)C)NCC1CCNCC1. The molecule has 0 aromatic rings. The number of alkyl carbamates (subject to hydrolysis) is 1. The van der Waals surface area contributed by atoms with E-state index in [4.69, 9.17) is 4.74 Å². The highest BCUT2D eigenvalue weighted by Crippen LogP contribution is 2.12. The smallest absolute Gasteiger partial charge is 0.407 e. The summed E-state index contributed by atoms with van der Waals surface area (Å²) < 4.78 is 5.30. The highest BCUT2D eigenvalue weighted by Gasteiger charge is 2.19. The molecule has 1 heterocycles. The second-order valence-corrected chi connectivity index (χ2v) is 7.81. The van der Waals surface area contributed by atoms with Crippen molar-refractivity contribution in [3.63, 3.8) is 0 Å². The van der Waals surface area contributed by atoms with Crippen LogP contribution in [0.5, 0.6) is 0 Å². The van der Waals surface area contributed by atoms with Gasteiger partial charge in [-0.25, -0.2) is 4.79 Å². The van der Waals surface area contributed by atoms with Crippen LogP contribution in [0.1, 0.15) is 53.9 Å². The van der Waals surface area contributed by atoms with Gasteiger partial charge in [0.05, 0.1) is 0 Å². The van der Waals surface area contributed by atoms with E-state index in [9.17, 15) is 4.79 Å². The van der Waals surface area contributed by atoms with Crippen molar-refractivity contribution < 1.29 is 9.53 Å². The van der Waals surface area contributed by atoms with Gasteiger partial charge in [0.25, 0.3) is 0 Å². The molecule has 0 spiro atoms. The van der Waals surface area contributed by atoms with Gasteiger partial charge in [0, 0.05) is 12.6 Å². The summed E-state index contributed by atoms with van der Waals surface area (Å²) in [6, 6.07) is 0.308. The van der Waals surface area contributed by atoms with Gasteiger partial charge in [0.15, 0.2) is 0 Å². The summed E-state index contributed by atoms with van der Waals surface area (Å²) in [4.78, 5) is 11.8. The Bertz CT molecular complexity index is 320. The first kappa shape index (κ1) is 19.2. The third-order valence-corrected chi connectivity index (χ3v) is 3.80. The maximum atomic E-state index is 11.8. The van der Waals surface area contributed by atoms with Gasteiger partial charge in [-0.2, -0.15) is 0 Å². The van der Waals surface area contributed by atoms with E-state index >= 15 is 0 Å². The first-order chi connectivity index (χ1) is 10.3. The summed E-state index contributed by atoms with van der Waals surface area (Å²) in [5.74, 6) is 1.35. The lowest BCUT2D eigenvalue weighted by Crippen LogP contribution is -2.45. The maximum Gasteiger partial charge on any atom is 0.407 e. The van der Waals surface area contributed by atoms with Gasteiger partial charge in [-0.3, -0.25) is 0 Å². The molecule has 22 heavy (non-hydrogen) atoms. The Morgan fingerprint density at radius 3 is 2.45 bits per heavy atom. The minimum atomic E-state index is -0.444. The van der Waals surface area contributed by atoms with E-state index in [2.05, 4.69) is 29.8 Å². The van der Waals surface area contributed by atoms with E-state index in [-0.39, 0.29) is 6.09 Å². The van der Waals surface area contributed by atoms with E-state index in [1.165, 1.54) is 12.8 Å². The molecule has 5 heteroatoms. The molecule has 130 valence electrons. The first-order valence-electron chi connectivity index (χ1n) is 8.67. The van der Waals surface area contributed by atoms with Crippen LogP contribution in [0.25, 0.3) is 0 Å². The Labute approximate surface area is 135 Å². The van der Waals surface area contributed by atoms with Crippen molar-refractivity contribution in [2.24, 2.45) is 11.8 Å². The fraction of sp³-hybridized carbons (Fsp3) is 0.941. The number of piperidine rings is 1. The van der Waals surface area contributed by atoms with E-state index in [1.54, 1.807) is 0 Å². The van der Waals surface area contributed by atoms with Crippen LogP contribution in [0.15, 0.2) is 0 Å². The molecule has 3 N–H and O–H groups in total. The average molecular weight is 313 g/mol. The quantitative estimate of drug-likeness (QED) is 0.676. The zero-order valence-electron chi connectivity index (χ0n) is 15.0. The van der Waals surface area contributed by atoms with E-state index < -0.39 is 5.60 Å². The van der Waals surface area contributed by atoms with Crippen molar-refractivity contribution >= 4 is 6.09 Å². The molecule has 5 nitrogen and oxygen atoms in total. The van der Waals surface area contributed by atoms with Gasteiger partial charge in [-0.05, 0) is 71.5 Å². The van der Waals surface area contributed by atoms with Crippen molar-refractivity contribution in [3.8, 4) is 0 Å². The summed E-state index contributed by atoms with van der Waals surface area (Å²) in [5.41, 5.74) is -0.444. The Morgan fingerprint density at radius 1 is 1.27 bits per heavy atom. The third-order valence-electron chi connectivity index (χ3n) is 3.80. The minimum absolute atomic E-state index is 0.308. The molecular formula is C17H35N3O2. The van der Waals surface area contributed by atoms with Crippen LogP contribution < -0.4 is 16.0 Å². The molecule has 0 bridgehead atoms. The van der Waals surface area contributed by atoms with Crippen LogP contribution in [0.3, 0.4) is 0 Å². The number of carbonyl (C=O) groups excluding carboxylic acids is 1. The topological polar surface area (TPSA) is 62.4 Å². The fourth-order valence-electron chi connectivity index (χ4n) is 2.75. The lowest BCUT2D eigenvalue weighted by atomic mass is 9.97. The van der Waals surface area contributed by atoms with Gasteiger partial charge in [-0.15, -0.1) is 0 Å². The molecule has 1 rings (SSSR count). The number of amides is 1. The molecule has 0 aromatic heterocycles. The van der Waals surface area contributed by atoms with Gasteiger partial charge in [-0.1, -0.05) is 13.8 Å². The number of hydrogen-bond donors (Lipinski definition) is 3.